The van der Waals surface area contributed by atoms with Crippen molar-refractivity contribution < 1.29 is 4.79 Å². The van der Waals surface area contributed by atoms with Crippen LogP contribution in [-0.4, -0.2) is 38.3 Å². The van der Waals surface area contributed by atoms with Crippen LogP contribution in [0.1, 0.15) is 37.2 Å². The van der Waals surface area contributed by atoms with E-state index in [0.717, 1.165) is 31.6 Å². The summed E-state index contributed by atoms with van der Waals surface area (Å²) >= 11 is 0. The number of hydrogen-bond donors (Lipinski definition) is 1. The second-order valence-electron chi connectivity index (χ2n) is 6.15. The highest BCUT2D eigenvalue weighted by atomic mass is 16.2. The SMILES string of the molecule is C[C@@H](NC(=O)N1CCC[C@H]1Cc1ccccc1)c1nncn1C. The van der Waals surface area contributed by atoms with Gasteiger partial charge >= 0.3 is 6.03 Å². The van der Waals surface area contributed by atoms with Crippen LogP contribution in [0.25, 0.3) is 0 Å². The number of rotatable bonds is 4. The Bertz CT molecular complexity index is 654. The van der Waals surface area contributed by atoms with Crippen LogP contribution in [0.15, 0.2) is 36.7 Å². The molecule has 1 aromatic heterocycles. The molecule has 1 aliphatic heterocycles. The number of amides is 2. The fourth-order valence-corrected chi connectivity index (χ4v) is 3.22. The second-order valence-corrected chi connectivity index (χ2v) is 6.15. The fourth-order valence-electron chi connectivity index (χ4n) is 3.22. The molecule has 1 N–H and O–H groups in total. The first-order valence-corrected chi connectivity index (χ1v) is 8.10. The lowest BCUT2D eigenvalue weighted by Gasteiger charge is -2.26. The van der Waals surface area contributed by atoms with Gasteiger partial charge in [-0.1, -0.05) is 30.3 Å². The predicted molar refractivity (Wildman–Crippen MR) is 87.8 cm³/mol. The largest absolute Gasteiger partial charge is 0.328 e. The van der Waals surface area contributed by atoms with Crippen molar-refractivity contribution in [1.29, 1.82) is 0 Å². The molecule has 6 heteroatoms. The van der Waals surface area contributed by atoms with Gasteiger partial charge in [-0.3, -0.25) is 0 Å². The smallest absolute Gasteiger partial charge is 0.318 e. The molecular formula is C17H23N5O. The summed E-state index contributed by atoms with van der Waals surface area (Å²) in [6, 6.07) is 10.4. The van der Waals surface area contributed by atoms with Gasteiger partial charge < -0.3 is 14.8 Å². The van der Waals surface area contributed by atoms with Crippen LogP contribution in [0, 0.1) is 0 Å². The van der Waals surface area contributed by atoms with E-state index in [0.29, 0.717) is 0 Å². The van der Waals surface area contributed by atoms with Crippen LogP contribution < -0.4 is 5.32 Å². The van der Waals surface area contributed by atoms with Gasteiger partial charge in [0.25, 0.3) is 0 Å². The Kier molecular flexibility index (Phi) is 4.60. The van der Waals surface area contributed by atoms with Crippen LogP contribution in [0.4, 0.5) is 4.79 Å². The van der Waals surface area contributed by atoms with Gasteiger partial charge in [0.1, 0.15) is 6.33 Å². The molecule has 1 saturated heterocycles. The number of likely N-dealkylation sites (tertiary alicyclic amines) is 1. The lowest BCUT2D eigenvalue weighted by Crippen LogP contribution is -2.44. The Morgan fingerprint density at radius 2 is 2.17 bits per heavy atom. The Labute approximate surface area is 136 Å². The van der Waals surface area contributed by atoms with Gasteiger partial charge in [0, 0.05) is 19.6 Å². The number of benzene rings is 1. The first kappa shape index (κ1) is 15.5. The van der Waals surface area contributed by atoms with E-state index < -0.39 is 0 Å². The monoisotopic (exact) mass is 313 g/mol. The van der Waals surface area contributed by atoms with Crippen molar-refractivity contribution in [3.05, 3.63) is 48.0 Å². The Morgan fingerprint density at radius 1 is 1.39 bits per heavy atom. The number of hydrogen-bond acceptors (Lipinski definition) is 3. The van der Waals surface area contributed by atoms with Gasteiger partial charge in [0.15, 0.2) is 5.82 Å². The zero-order valence-corrected chi connectivity index (χ0v) is 13.6. The molecule has 1 aromatic carbocycles. The number of carbonyl (C=O) groups is 1. The van der Waals surface area contributed by atoms with Gasteiger partial charge in [0.2, 0.25) is 0 Å². The zero-order chi connectivity index (χ0) is 16.2. The minimum Gasteiger partial charge on any atom is -0.328 e. The van der Waals surface area contributed by atoms with Crippen molar-refractivity contribution >= 4 is 6.03 Å². The van der Waals surface area contributed by atoms with E-state index in [1.165, 1.54) is 5.56 Å². The fraction of sp³-hybridized carbons (Fsp3) is 0.471. The van der Waals surface area contributed by atoms with Gasteiger partial charge in [-0.15, -0.1) is 10.2 Å². The number of nitrogens with one attached hydrogen (secondary N) is 1. The van der Waals surface area contributed by atoms with Crippen LogP contribution in [0.5, 0.6) is 0 Å². The summed E-state index contributed by atoms with van der Waals surface area (Å²) in [5.74, 6) is 0.761. The lowest BCUT2D eigenvalue weighted by molar-refractivity contribution is 0.188. The third kappa shape index (κ3) is 3.52. The van der Waals surface area contributed by atoms with Crippen molar-refractivity contribution in [2.75, 3.05) is 6.54 Å². The molecule has 2 amide bonds. The molecule has 2 aromatic rings. The molecule has 1 fully saturated rings. The highest BCUT2D eigenvalue weighted by Gasteiger charge is 2.30. The average Bonchev–Trinajstić information content (AvgIpc) is 3.17. The maximum absolute atomic E-state index is 12.6. The topological polar surface area (TPSA) is 63.1 Å². The summed E-state index contributed by atoms with van der Waals surface area (Å²) in [6.45, 7) is 2.75. The summed E-state index contributed by atoms with van der Waals surface area (Å²) < 4.78 is 1.83. The first-order chi connectivity index (χ1) is 11.1. The van der Waals surface area contributed by atoms with E-state index in [9.17, 15) is 4.79 Å². The number of aryl methyl sites for hydroxylation is 1. The van der Waals surface area contributed by atoms with Crippen LogP contribution in [0.2, 0.25) is 0 Å². The van der Waals surface area contributed by atoms with Crippen molar-refractivity contribution in [2.24, 2.45) is 7.05 Å². The maximum atomic E-state index is 12.6. The van der Waals surface area contributed by atoms with Gasteiger partial charge in [-0.25, -0.2) is 4.79 Å². The molecule has 0 spiro atoms. The summed E-state index contributed by atoms with van der Waals surface area (Å²) in [5.41, 5.74) is 1.28. The van der Waals surface area contributed by atoms with Gasteiger partial charge in [-0.05, 0) is 31.7 Å². The highest BCUT2D eigenvalue weighted by molar-refractivity contribution is 5.75. The third-order valence-electron chi connectivity index (χ3n) is 4.43. The minimum atomic E-state index is -0.159. The van der Waals surface area contributed by atoms with E-state index in [1.54, 1.807) is 6.33 Å². The normalized spacial score (nSPS) is 18.9. The molecule has 3 rings (SSSR count). The van der Waals surface area contributed by atoms with Crippen LogP contribution in [-0.2, 0) is 13.5 Å². The molecule has 0 saturated carbocycles. The predicted octanol–water partition coefficient (Wildman–Crippen LogP) is 2.29. The van der Waals surface area contributed by atoms with E-state index in [2.05, 4.69) is 27.6 Å². The maximum Gasteiger partial charge on any atom is 0.318 e. The van der Waals surface area contributed by atoms with Crippen molar-refractivity contribution in [2.45, 2.75) is 38.3 Å². The Hall–Kier alpha value is -2.37. The zero-order valence-electron chi connectivity index (χ0n) is 13.6. The summed E-state index contributed by atoms with van der Waals surface area (Å²) in [7, 11) is 1.88. The van der Waals surface area contributed by atoms with E-state index in [4.69, 9.17) is 0 Å². The highest BCUT2D eigenvalue weighted by Crippen LogP contribution is 2.22. The van der Waals surface area contributed by atoms with Gasteiger partial charge in [-0.2, -0.15) is 0 Å². The van der Waals surface area contributed by atoms with Crippen LogP contribution >= 0.6 is 0 Å². The molecule has 2 heterocycles. The van der Waals surface area contributed by atoms with Crippen molar-refractivity contribution in [3.8, 4) is 0 Å². The quantitative estimate of drug-likeness (QED) is 0.942. The second kappa shape index (κ2) is 6.81. The van der Waals surface area contributed by atoms with E-state index in [-0.39, 0.29) is 18.1 Å². The summed E-state index contributed by atoms with van der Waals surface area (Å²) in [4.78, 5) is 14.6. The molecule has 122 valence electrons. The molecule has 0 bridgehead atoms. The average molecular weight is 313 g/mol. The third-order valence-corrected chi connectivity index (χ3v) is 4.43. The van der Waals surface area contributed by atoms with Crippen LogP contribution in [0.3, 0.4) is 0 Å². The van der Waals surface area contributed by atoms with E-state index >= 15 is 0 Å². The van der Waals surface area contributed by atoms with Gasteiger partial charge in [0.05, 0.1) is 6.04 Å². The molecule has 1 aliphatic rings. The Morgan fingerprint density at radius 3 is 2.87 bits per heavy atom. The molecule has 6 nitrogen and oxygen atoms in total. The molecule has 2 atom stereocenters. The molecular weight excluding hydrogens is 290 g/mol. The minimum absolute atomic E-state index is 0.0149. The number of carbonyl (C=O) groups excluding carboxylic acids is 1. The number of nitrogens with zero attached hydrogens (tertiary/aromatic N) is 4. The molecule has 0 radical (unpaired) electrons. The lowest BCUT2D eigenvalue weighted by atomic mass is 10.0. The first-order valence-electron chi connectivity index (χ1n) is 8.10. The number of aromatic nitrogens is 3. The molecule has 0 aliphatic carbocycles. The van der Waals surface area contributed by atoms with Crippen molar-refractivity contribution in [1.82, 2.24) is 25.0 Å². The standard InChI is InChI=1S/C17H23N5O/c1-13(16-20-18-12-21(16)2)19-17(23)22-10-6-9-15(22)11-14-7-4-3-5-8-14/h3-5,7-8,12-13,15H,6,9-11H2,1-2H3,(H,19,23)/t13-,15+/m1/s1. The summed E-state index contributed by atoms with van der Waals surface area (Å²) in [6.07, 6.45) is 4.67. The van der Waals surface area contributed by atoms with Crippen molar-refractivity contribution in [3.63, 3.8) is 0 Å². The Balaban J connectivity index is 1.63. The summed E-state index contributed by atoms with van der Waals surface area (Å²) in [5, 5.41) is 11.0. The number of urea groups is 1. The molecule has 0 unspecified atom stereocenters. The molecule has 23 heavy (non-hydrogen) atoms. The van der Waals surface area contributed by atoms with E-state index in [1.807, 2.05) is 41.6 Å².